The first-order valence-electron chi connectivity index (χ1n) is 4.40. The molecule has 0 aromatic carbocycles. The van der Waals surface area contributed by atoms with Crippen molar-refractivity contribution in [1.82, 2.24) is 0 Å². The second-order valence-electron chi connectivity index (χ2n) is 3.35. The molecule has 0 fully saturated rings. The smallest absolute Gasteiger partial charge is 0.108 e. The van der Waals surface area contributed by atoms with Crippen molar-refractivity contribution in [3.63, 3.8) is 0 Å². The van der Waals surface area contributed by atoms with E-state index < -0.39 is 0 Å². The highest BCUT2D eigenvalue weighted by Gasteiger charge is 2.05. The van der Waals surface area contributed by atoms with Gasteiger partial charge in [0, 0.05) is 15.9 Å². The average Bonchev–Trinajstić information content (AvgIpc) is 2.41. The first-order chi connectivity index (χ1) is 6.54. The van der Waals surface area contributed by atoms with Crippen LogP contribution in [0, 0.1) is 5.92 Å². The fourth-order valence-corrected chi connectivity index (χ4v) is 2.79. The zero-order valence-corrected chi connectivity index (χ0v) is 11.3. The monoisotopic (exact) mass is 293 g/mol. The molecule has 0 aliphatic heterocycles. The Balaban J connectivity index is 2.94. The maximum Gasteiger partial charge on any atom is 0.108 e. The van der Waals surface area contributed by atoms with Crippen LogP contribution < -0.4 is 5.73 Å². The minimum absolute atomic E-state index is 0.486. The number of thiophene rings is 1. The lowest BCUT2D eigenvalue weighted by Gasteiger charge is -2.07. The molecule has 1 aromatic heterocycles. The van der Waals surface area contributed by atoms with E-state index in [4.69, 9.17) is 17.3 Å². The molecule has 1 rings (SSSR count). The van der Waals surface area contributed by atoms with Crippen molar-refractivity contribution in [3.8, 4) is 0 Å². The molecule has 0 saturated heterocycles. The van der Waals surface area contributed by atoms with Crippen LogP contribution >= 0.6 is 38.9 Å². The first-order valence-corrected chi connectivity index (χ1v) is 6.38. The van der Waals surface area contributed by atoms with Gasteiger partial charge in [0.2, 0.25) is 0 Å². The molecule has 0 aliphatic carbocycles. The van der Waals surface area contributed by atoms with Gasteiger partial charge in [0.05, 0.1) is 0 Å². The molecule has 14 heavy (non-hydrogen) atoms. The van der Waals surface area contributed by atoms with Crippen LogP contribution in [0.1, 0.15) is 18.7 Å². The van der Waals surface area contributed by atoms with E-state index in [0.29, 0.717) is 12.5 Å². The second kappa shape index (κ2) is 5.31. The van der Waals surface area contributed by atoms with Gasteiger partial charge >= 0.3 is 0 Å². The Kier molecular flexibility index (Phi) is 4.64. The van der Waals surface area contributed by atoms with Crippen molar-refractivity contribution >= 4 is 44.9 Å². The fourth-order valence-electron chi connectivity index (χ4n) is 1.08. The van der Waals surface area contributed by atoms with E-state index in [-0.39, 0.29) is 0 Å². The lowest BCUT2D eigenvalue weighted by Crippen LogP contribution is -2.07. The number of nitrogens with two attached hydrogens (primary N) is 1. The molecule has 0 aliphatic rings. The highest BCUT2D eigenvalue weighted by molar-refractivity contribution is 9.10. The van der Waals surface area contributed by atoms with Gasteiger partial charge < -0.3 is 5.73 Å². The van der Waals surface area contributed by atoms with E-state index in [2.05, 4.69) is 35.9 Å². The predicted octanol–water partition coefficient (Wildman–Crippen LogP) is 4.16. The van der Waals surface area contributed by atoms with Crippen molar-refractivity contribution < 1.29 is 0 Å². The summed E-state index contributed by atoms with van der Waals surface area (Å²) < 4.78 is 1.74. The standard InChI is InChI=1S/C10H13BrClNS/c1-6(2)7(5-13)3-8-4-9(11)10(12)14-8/h3-4,6H,5,13H2,1-2H3. The molecule has 0 amide bonds. The first kappa shape index (κ1) is 12.2. The normalized spacial score (nSPS) is 12.6. The Morgan fingerprint density at radius 2 is 2.36 bits per heavy atom. The van der Waals surface area contributed by atoms with Crippen LogP contribution in [0.15, 0.2) is 16.1 Å². The van der Waals surface area contributed by atoms with Gasteiger partial charge in [-0.15, -0.1) is 11.3 Å². The Labute approximate surface area is 102 Å². The molecule has 0 radical (unpaired) electrons. The predicted molar refractivity (Wildman–Crippen MR) is 68.9 cm³/mol. The van der Waals surface area contributed by atoms with Gasteiger partial charge in [0.15, 0.2) is 0 Å². The van der Waals surface area contributed by atoms with E-state index in [0.717, 1.165) is 13.7 Å². The summed E-state index contributed by atoms with van der Waals surface area (Å²) in [6.45, 7) is 4.89. The topological polar surface area (TPSA) is 26.0 Å². The lowest BCUT2D eigenvalue weighted by molar-refractivity contribution is 0.753. The van der Waals surface area contributed by atoms with Crippen molar-refractivity contribution in [2.24, 2.45) is 11.7 Å². The molecule has 4 heteroatoms. The maximum absolute atomic E-state index is 5.95. The SMILES string of the molecule is CC(C)C(=Cc1cc(Br)c(Cl)s1)CN. The van der Waals surface area contributed by atoms with Gasteiger partial charge in [-0.2, -0.15) is 0 Å². The van der Waals surface area contributed by atoms with Crippen LogP contribution in [0.3, 0.4) is 0 Å². The highest BCUT2D eigenvalue weighted by atomic mass is 79.9. The van der Waals surface area contributed by atoms with Gasteiger partial charge in [-0.05, 0) is 34.0 Å². The molecule has 2 N–H and O–H groups in total. The van der Waals surface area contributed by atoms with E-state index in [1.54, 1.807) is 11.3 Å². The lowest BCUT2D eigenvalue weighted by atomic mass is 10.0. The van der Waals surface area contributed by atoms with Crippen LogP contribution in [-0.2, 0) is 0 Å². The van der Waals surface area contributed by atoms with E-state index in [1.807, 2.05) is 6.07 Å². The van der Waals surface area contributed by atoms with Gasteiger partial charge in [-0.25, -0.2) is 0 Å². The summed E-state index contributed by atoms with van der Waals surface area (Å²) in [5.41, 5.74) is 6.90. The minimum atomic E-state index is 0.486. The van der Waals surface area contributed by atoms with Crippen LogP contribution in [0.5, 0.6) is 0 Å². The molecule has 78 valence electrons. The number of halogens is 2. The summed E-state index contributed by atoms with van der Waals surface area (Å²) in [6.07, 6.45) is 2.12. The Bertz CT molecular complexity index is 324. The van der Waals surface area contributed by atoms with Gasteiger partial charge in [0.1, 0.15) is 4.34 Å². The number of hydrogen-bond acceptors (Lipinski definition) is 2. The van der Waals surface area contributed by atoms with E-state index in [1.165, 1.54) is 5.57 Å². The Morgan fingerprint density at radius 3 is 2.71 bits per heavy atom. The zero-order chi connectivity index (χ0) is 10.7. The third-order valence-corrected chi connectivity index (χ3v) is 4.39. The van der Waals surface area contributed by atoms with Crippen molar-refractivity contribution in [1.29, 1.82) is 0 Å². The molecular formula is C10H13BrClNS. The molecule has 0 spiro atoms. The van der Waals surface area contributed by atoms with Crippen LogP contribution in [0.4, 0.5) is 0 Å². The van der Waals surface area contributed by atoms with Gasteiger partial charge in [-0.3, -0.25) is 0 Å². The molecule has 0 saturated carbocycles. The van der Waals surface area contributed by atoms with Crippen molar-refractivity contribution in [3.05, 3.63) is 25.3 Å². The molecule has 0 unspecified atom stereocenters. The third kappa shape index (κ3) is 3.09. The molecule has 1 heterocycles. The zero-order valence-electron chi connectivity index (χ0n) is 8.18. The van der Waals surface area contributed by atoms with Crippen LogP contribution in [-0.4, -0.2) is 6.54 Å². The Morgan fingerprint density at radius 1 is 1.71 bits per heavy atom. The van der Waals surface area contributed by atoms with E-state index in [9.17, 15) is 0 Å². The summed E-state index contributed by atoms with van der Waals surface area (Å²) in [5, 5.41) is 0. The Hall–Kier alpha value is 0.170. The number of hydrogen-bond donors (Lipinski definition) is 1. The highest BCUT2D eigenvalue weighted by Crippen LogP contribution is 2.33. The molecule has 0 bridgehead atoms. The van der Waals surface area contributed by atoms with E-state index >= 15 is 0 Å². The van der Waals surface area contributed by atoms with Gasteiger partial charge in [-0.1, -0.05) is 31.0 Å². The summed E-state index contributed by atoms with van der Waals surface area (Å²) in [7, 11) is 0. The third-order valence-electron chi connectivity index (χ3n) is 1.97. The molecular weight excluding hydrogens is 282 g/mol. The van der Waals surface area contributed by atoms with Gasteiger partial charge in [0.25, 0.3) is 0 Å². The summed E-state index contributed by atoms with van der Waals surface area (Å²) >= 11 is 10.9. The van der Waals surface area contributed by atoms with Crippen molar-refractivity contribution in [2.45, 2.75) is 13.8 Å². The molecule has 1 aromatic rings. The fraction of sp³-hybridized carbons (Fsp3) is 0.400. The van der Waals surface area contributed by atoms with Crippen LogP contribution in [0.2, 0.25) is 4.34 Å². The minimum Gasteiger partial charge on any atom is -0.327 e. The number of rotatable bonds is 3. The molecule has 1 nitrogen and oxygen atoms in total. The average molecular weight is 295 g/mol. The quantitative estimate of drug-likeness (QED) is 0.890. The summed E-state index contributed by atoms with van der Waals surface area (Å²) in [4.78, 5) is 1.15. The second-order valence-corrected chi connectivity index (χ2v) is 5.89. The molecule has 0 atom stereocenters. The van der Waals surface area contributed by atoms with Crippen molar-refractivity contribution in [2.75, 3.05) is 6.54 Å². The summed E-state index contributed by atoms with van der Waals surface area (Å²) in [6, 6.07) is 2.02. The van der Waals surface area contributed by atoms with Crippen LogP contribution in [0.25, 0.3) is 6.08 Å². The summed E-state index contributed by atoms with van der Waals surface area (Å²) in [5.74, 6) is 0.486. The largest absolute Gasteiger partial charge is 0.327 e. The maximum atomic E-state index is 5.95.